The molecule has 0 aliphatic carbocycles. The largest absolute Gasteiger partial charge is 0.235 e. The molecular weight excluding hydrogens is 198 g/mol. The zero-order valence-corrected chi connectivity index (χ0v) is 8.96. The first-order valence-corrected chi connectivity index (χ1v) is 5.21. The van der Waals surface area contributed by atoms with E-state index in [1.165, 1.54) is 11.1 Å². The van der Waals surface area contributed by atoms with Gasteiger partial charge in [0.2, 0.25) is 0 Å². The van der Waals surface area contributed by atoms with Crippen LogP contribution in [0.5, 0.6) is 0 Å². The van der Waals surface area contributed by atoms with Crippen LogP contribution in [-0.4, -0.2) is 14.6 Å². The quantitative estimate of drug-likeness (QED) is 0.616. The zero-order chi connectivity index (χ0) is 11.0. The molecule has 0 bridgehead atoms. The Morgan fingerprint density at radius 2 is 1.94 bits per heavy atom. The summed E-state index contributed by atoms with van der Waals surface area (Å²) in [5.74, 6) is 0. The third-order valence-corrected chi connectivity index (χ3v) is 2.70. The maximum Gasteiger partial charge on any atom is 0.154 e. The second-order valence-electron chi connectivity index (χ2n) is 3.75. The molecule has 78 valence electrons. The Morgan fingerprint density at radius 1 is 1.06 bits per heavy atom. The molecule has 2 heterocycles. The third-order valence-electron chi connectivity index (χ3n) is 2.70. The van der Waals surface area contributed by atoms with E-state index in [1.807, 2.05) is 35.0 Å². The van der Waals surface area contributed by atoms with Gasteiger partial charge in [-0.25, -0.2) is 9.50 Å². The molecule has 0 spiro atoms. The first-order chi connectivity index (χ1) is 7.86. The third kappa shape index (κ3) is 1.29. The lowest BCUT2D eigenvalue weighted by Crippen LogP contribution is -1.93. The number of benzene rings is 1. The lowest BCUT2D eigenvalue weighted by molar-refractivity contribution is 0.942. The minimum atomic E-state index is 0.876. The molecule has 0 amide bonds. The monoisotopic (exact) mass is 209 g/mol. The Hall–Kier alpha value is -2.16. The molecule has 0 N–H and O–H groups in total. The van der Waals surface area contributed by atoms with E-state index < -0.39 is 0 Å². The van der Waals surface area contributed by atoms with Crippen molar-refractivity contribution in [2.45, 2.75) is 6.92 Å². The van der Waals surface area contributed by atoms with Crippen molar-refractivity contribution in [2.24, 2.45) is 0 Å². The molecule has 16 heavy (non-hydrogen) atoms. The summed E-state index contributed by atoms with van der Waals surface area (Å²) in [6.45, 7) is 2.09. The average molecular weight is 209 g/mol. The van der Waals surface area contributed by atoms with Gasteiger partial charge in [0.05, 0.1) is 11.9 Å². The Kier molecular flexibility index (Phi) is 1.96. The summed E-state index contributed by atoms with van der Waals surface area (Å²) in [6.07, 6.45) is 3.64. The molecule has 3 heteroatoms. The average Bonchev–Trinajstić information content (AvgIpc) is 2.74. The maximum atomic E-state index is 4.34. The summed E-state index contributed by atoms with van der Waals surface area (Å²) in [7, 11) is 0. The maximum absolute atomic E-state index is 4.34. The van der Waals surface area contributed by atoms with Crippen molar-refractivity contribution in [3.8, 4) is 11.3 Å². The van der Waals surface area contributed by atoms with Crippen molar-refractivity contribution in [1.82, 2.24) is 14.6 Å². The molecule has 0 aliphatic rings. The summed E-state index contributed by atoms with van der Waals surface area (Å²) < 4.78 is 1.86. The van der Waals surface area contributed by atoms with Crippen LogP contribution in [0, 0.1) is 6.92 Å². The molecule has 0 unspecified atom stereocenters. The lowest BCUT2D eigenvalue weighted by atomic mass is 10.1. The molecule has 0 fully saturated rings. The van der Waals surface area contributed by atoms with Crippen molar-refractivity contribution in [3.05, 3.63) is 54.4 Å². The number of hydrogen-bond donors (Lipinski definition) is 0. The van der Waals surface area contributed by atoms with Gasteiger partial charge in [0, 0.05) is 11.8 Å². The predicted molar refractivity (Wildman–Crippen MR) is 63.2 cm³/mol. The molecule has 3 rings (SSSR count). The highest BCUT2D eigenvalue weighted by Crippen LogP contribution is 2.22. The van der Waals surface area contributed by atoms with Gasteiger partial charge in [-0.1, -0.05) is 24.3 Å². The van der Waals surface area contributed by atoms with Crippen LogP contribution in [0.1, 0.15) is 5.56 Å². The van der Waals surface area contributed by atoms with Crippen molar-refractivity contribution in [2.75, 3.05) is 0 Å². The van der Waals surface area contributed by atoms with E-state index in [4.69, 9.17) is 0 Å². The zero-order valence-electron chi connectivity index (χ0n) is 8.96. The van der Waals surface area contributed by atoms with Gasteiger partial charge >= 0.3 is 0 Å². The molecule has 2 aromatic heterocycles. The second kappa shape index (κ2) is 3.45. The van der Waals surface area contributed by atoms with Gasteiger partial charge in [-0.05, 0) is 24.6 Å². The summed E-state index contributed by atoms with van der Waals surface area (Å²) in [5, 5.41) is 4.31. The molecule has 0 saturated carbocycles. The van der Waals surface area contributed by atoms with Gasteiger partial charge in [-0.2, -0.15) is 5.10 Å². The van der Waals surface area contributed by atoms with E-state index >= 15 is 0 Å². The molecular formula is C13H11N3. The Labute approximate surface area is 93.4 Å². The van der Waals surface area contributed by atoms with E-state index in [0.29, 0.717) is 0 Å². The van der Waals surface area contributed by atoms with Crippen LogP contribution in [0.4, 0.5) is 0 Å². The van der Waals surface area contributed by atoms with Crippen molar-refractivity contribution in [1.29, 1.82) is 0 Å². The van der Waals surface area contributed by atoms with Crippen molar-refractivity contribution >= 4 is 5.65 Å². The van der Waals surface area contributed by atoms with Crippen LogP contribution >= 0.6 is 0 Å². The summed E-state index contributed by atoms with van der Waals surface area (Å²) in [4.78, 5) is 4.34. The number of fused-ring (bicyclic) bond motifs is 1. The highest BCUT2D eigenvalue weighted by atomic mass is 15.2. The number of imidazole rings is 1. The number of rotatable bonds is 1. The highest BCUT2D eigenvalue weighted by Gasteiger charge is 2.07. The highest BCUT2D eigenvalue weighted by molar-refractivity contribution is 5.66. The van der Waals surface area contributed by atoms with Crippen LogP contribution in [0.3, 0.4) is 0 Å². The van der Waals surface area contributed by atoms with Crippen LogP contribution < -0.4 is 0 Å². The molecule has 0 aliphatic heterocycles. The van der Waals surface area contributed by atoms with Crippen molar-refractivity contribution in [3.63, 3.8) is 0 Å². The van der Waals surface area contributed by atoms with Crippen molar-refractivity contribution < 1.29 is 0 Å². The van der Waals surface area contributed by atoms with Gasteiger partial charge in [0.25, 0.3) is 0 Å². The van der Waals surface area contributed by atoms with Crippen LogP contribution in [0.15, 0.2) is 48.8 Å². The molecule has 0 radical (unpaired) electrons. The predicted octanol–water partition coefficient (Wildman–Crippen LogP) is 2.70. The molecule has 3 aromatic rings. The fraction of sp³-hybridized carbons (Fsp3) is 0.0769. The van der Waals surface area contributed by atoms with Gasteiger partial charge in [0.1, 0.15) is 0 Å². The molecule has 0 saturated heterocycles. The number of aryl methyl sites for hydroxylation is 1. The second-order valence-corrected chi connectivity index (χ2v) is 3.75. The minimum absolute atomic E-state index is 0.876. The first kappa shape index (κ1) is 9.09. The van der Waals surface area contributed by atoms with Gasteiger partial charge < -0.3 is 0 Å². The Morgan fingerprint density at radius 3 is 2.81 bits per heavy atom. The van der Waals surface area contributed by atoms with E-state index in [-0.39, 0.29) is 0 Å². The van der Waals surface area contributed by atoms with Crippen LogP contribution in [0.2, 0.25) is 0 Å². The lowest BCUT2D eigenvalue weighted by Gasteiger charge is -2.03. The summed E-state index contributed by atoms with van der Waals surface area (Å²) in [5.41, 5.74) is 4.32. The summed E-state index contributed by atoms with van der Waals surface area (Å²) >= 11 is 0. The van der Waals surface area contributed by atoms with E-state index in [0.717, 1.165) is 11.3 Å². The number of hydrogen-bond acceptors (Lipinski definition) is 2. The minimum Gasteiger partial charge on any atom is -0.235 e. The SMILES string of the molecule is Cc1ccccc1-c1cnc2cccnn12. The van der Waals surface area contributed by atoms with E-state index in [9.17, 15) is 0 Å². The van der Waals surface area contributed by atoms with Gasteiger partial charge in [-0.15, -0.1) is 0 Å². The smallest absolute Gasteiger partial charge is 0.154 e. The Bertz CT molecular complexity index is 640. The number of nitrogens with zero attached hydrogens (tertiary/aromatic N) is 3. The molecule has 1 aromatic carbocycles. The van der Waals surface area contributed by atoms with Gasteiger partial charge in [0.15, 0.2) is 5.65 Å². The van der Waals surface area contributed by atoms with Crippen LogP contribution in [0.25, 0.3) is 16.9 Å². The Balaban J connectivity index is 2.31. The van der Waals surface area contributed by atoms with E-state index in [2.05, 4.69) is 29.1 Å². The van der Waals surface area contributed by atoms with Crippen LogP contribution in [-0.2, 0) is 0 Å². The number of aromatic nitrogens is 3. The first-order valence-electron chi connectivity index (χ1n) is 5.21. The van der Waals surface area contributed by atoms with E-state index in [1.54, 1.807) is 6.20 Å². The normalized spacial score (nSPS) is 10.8. The molecule has 0 atom stereocenters. The topological polar surface area (TPSA) is 30.2 Å². The van der Waals surface area contributed by atoms with Gasteiger partial charge in [-0.3, -0.25) is 0 Å². The fourth-order valence-corrected chi connectivity index (χ4v) is 1.87. The standard InChI is InChI=1S/C13H11N3/c1-10-5-2-3-6-11(10)12-9-14-13-7-4-8-15-16(12)13/h2-9H,1H3. The molecule has 3 nitrogen and oxygen atoms in total. The fourth-order valence-electron chi connectivity index (χ4n) is 1.87. The summed E-state index contributed by atoms with van der Waals surface area (Å²) in [6, 6.07) is 12.1.